The maximum atomic E-state index is 15.0. The number of carbonyl (C=O) groups excluding carboxylic acids is 5. The first kappa shape index (κ1) is 25.7. The molecule has 0 radical (unpaired) electrons. The Morgan fingerprint density at radius 1 is 0.878 bits per heavy atom. The van der Waals surface area contributed by atoms with Gasteiger partial charge in [0.15, 0.2) is 22.9 Å². The van der Waals surface area contributed by atoms with Gasteiger partial charge in [-0.25, -0.2) is 9.59 Å². The smallest absolute Gasteiger partial charge is 0.337 e. The highest BCUT2D eigenvalue weighted by Crippen LogP contribution is 2.66. The predicted molar refractivity (Wildman–Crippen MR) is 143 cm³/mol. The molecule has 41 heavy (non-hydrogen) atoms. The zero-order chi connectivity index (χ0) is 28.9. The molecule has 0 N–H and O–H groups in total. The molecule has 3 aliphatic heterocycles. The lowest BCUT2D eigenvalue weighted by molar-refractivity contribution is -0.140. The van der Waals surface area contributed by atoms with E-state index in [-0.39, 0.29) is 41.0 Å². The van der Waals surface area contributed by atoms with Gasteiger partial charge in [-0.3, -0.25) is 19.3 Å². The molecule has 3 heterocycles. The topological polar surface area (TPSA) is 116 Å². The molecule has 2 aromatic rings. The Hall–Kier alpha value is -4.21. The number of Topliss-reactive ketones (excluding diaryl/α,β-unsaturated/α-hetero) is 3. The minimum atomic E-state index is -1.87. The van der Waals surface area contributed by atoms with Crippen molar-refractivity contribution in [3.63, 3.8) is 0 Å². The fraction of sp³-hybridized carbons (Fsp3) is 0.344. The number of fused-ring (bicyclic) bond motifs is 5. The third-order valence-electron chi connectivity index (χ3n) is 9.90. The lowest BCUT2D eigenvalue weighted by atomic mass is 9.51. The number of likely N-dealkylation sites (tertiary alicyclic amines) is 1. The van der Waals surface area contributed by atoms with Gasteiger partial charge >= 0.3 is 11.9 Å². The number of hydrogen-bond acceptors (Lipinski definition) is 9. The standard InChI is InChI=1S/C32H27NO8/c1-33-16-22(31-15-13-21(41-31)23(28(37)39-2)24(31)29(38)40-3)30(14-12-17-8-4-5-9-18(17)25(30)34)32(33)26(35)19-10-6-7-11-20(19)27(32)36/h4-11,13,15,21-22H,12,14,16H2,1-3H3/t21?,22-,30-,31?/m1/s1. The SMILES string of the molecule is COC(=O)C1=C(C(=O)OC)C2([C@@H]3CN(C)C4(C(=O)c5ccccc5C4=O)[C@]34CCc3ccccc3C4=O)C=CC1O2. The van der Waals surface area contributed by atoms with Gasteiger partial charge in [-0.05, 0) is 31.5 Å². The van der Waals surface area contributed by atoms with Crippen molar-refractivity contribution in [1.29, 1.82) is 0 Å². The highest BCUT2D eigenvalue weighted by Gasteiger charge is 2.80. The van der Waals surface area contributed by atoms with Gasteiger partial charge in [0, 0.05) is 29.2 Å². The molecule has 2 unspecified atom stereocenters. The van der Waals surface area contributed by atoms with Crippen LogP contribution in [0.2, 0.25) is 0 Å². The average Bonchev–Trinajstić information content (AvgIpc) is 3.71. The van der Waals surface area contributed by atoms with Gasteiger partial charge in [0.1, 0.15) is 11.7 Å². The van der Waals surface area contributed by atoms with E-state index in [1.165, 1.54) is 14.2 Å². The number of methoxy groups -OCH3 is 2. The normalized spacial score (nSPS) is 30.9. The first-order valence-electron chi connectivity index (χ1n) is 13.5. The molecule has 208 valence electrons. The molecule has 0 saturated carbocycles. The summed E-state index contributed by atoms with van der Waals surface area (Å²) in [5.74, 6) is -3.69. The van der Waals surface area contributed by atoms with E-state index in [1.54, 1.807) is 60.5 Å². The van der Waals surface area contributed by atoms with Crippen molar-refractivity contribution in [2.45, 2.75) is 30.1 Å². The second-order valence-electron chi connectivity index (χ2n) is 11.3. The summed E-state index contributed by atoms with van der Waals surface area (Å²) < 4.78 is 16.6. The third-order valence-corrected chi connectivity index (χ3v) is 9.90. The molecule has 7 rings (SSSR count). The van der Waals surface area contributed by atoms with Crippen molar-refractivity contribution in [3.05, 3.63) is 94.1 Å². The Bertz CT molecular complexity index is 1630. The summed E-state index contributed by atoms with van der Waals surface area (Å²) in [4.78, 5) is 72.2. The zero-order valence-electron chi connectivity index (χ0n) is 22.8. The van der Waals surface area contributed by atoms with E-state index >= 15 is 4.79 Å². The van der Waals surface area contributed by atoms with Crippen LogP contribution in [0.4, 0.5) is 0 Å². The molecule has 9 nitrogen and oxygen atoms in total. The molecule has 4 atom stereocenters. The molecule has 0 amide bonds. The van der Waals surface area contributed by atoms with Gasteiger partial charge in [-0.2, -0.15) is 0 Å². The quantitative estimate of drug-likeness (QED) is 0.321. The minimum Gasteiger partial charge on any atom is -0.466 e. The van der Waals surface area contributed by atoms with Crippen LogP contribution >= 0.6 is 0 Å². The van der Waals surface area contributed by atoms with Gasteiger partial charge < -0.3 is 14.2 Å². The number of esters is 2. The van der Waals surface area contributed by atoms with E-state index in [2.05, 4.69) is 0 Å². The molecule has 2 aliphatic carbocycles. The molecule has 2 spiro atoms. The number of carbonyl (C=O) groups is 5. The van der Waals surface area contributed by atoms with E-state index in [9.17, 15) is 19.2 Å². The largest absolute Gasteiger partial charge is 0.466 e. The fourth-order valence-electron chi connectivity index (χ4n) is 8.35. The summed E-state index contributed by atoms with van der Waals surface area (Å²) in [6.45, 7) is 0.0609. The first-order chi connectivity index (χ1) is 19.7. The molecular weight excluding hydrogens is 526 g/mol. The van der Waals surface area contributed by atoms with E-state index in [0.29, 0.717) is 12.0 Å². The second-order valence-corrected chi connectivity index (χ2v) is 11.3. The van der Waals surface area contributed by atoms with Gasteiger partial charge in [-0.15, -0.1) is 0 Å². The molecular formula is C32H27NO8. The number of nitrogens with zero attached hydrogens (tertiary/aromatic N) is 1. The summed E-state index contributed by atoms with van der Waals surface area (Å²) in [5, 5.41) is 0. The number of benzene rings is 2. The Morgan fingerprint density at radius 3 is 2.12 bits per heavy atom. The Kier molecular flexibility index (Phi) is 5.28. The zero-order valence-corrected chi connectivity index (χ0v) is 22.8. The predicted octanol–water partition coefficient (Wildman–Crippen LogP) is 2.53. The van der Waals surface area contributed by atoms with Crippen LogP contribution in [0.15, 0.2) is 71.8 Å². The Balaban J connectivity index is 1.54. The molecule has 9 heteroatoms. The molecule has 5 aliphatic rings. The van der Waals surface area contributed by atoms with Gasteiger partial charge in [-0.1, -0.05) is 54.6 Å². The number of ketones is 3. The number of likely N-dealkylation sites (N-methyl/N-ethyl adjacent to an activating group) is 1. The van der Waals surface area contributed by atoms with E-state index in [4.69, 9.17) is 14.2 Å². The average molecular weight is 554 g/mol. The highest BCUT2D eigenvalue weighted by molar-refractivity contribution is 6.36. The number of ether oxygens (including phenoxy) is 3. The van der Waals surface area contributed by atoms with E-state index in [1.807, 2.05) is 12.1 Å². The lowest BCUT2D eigenvalue weighted by Crippen LogP contribution is -2.67. The summed E-state index contributed by atoms with van der Waals surface area (Å²) in [6, 6.07) is 13.8. The molecule has 1 saturated heterocycles. The van der Waals surface area contributed by atoms with Gasteiger partial charge in [0.2, 0.25) is 0 Å². The van der Waals surface area contributed by atoms with Crippen molar-refractivity contribution in [1.82, 2.24) is 4.90 Å². The van der Waals surface area contributed by atoms with E-state index in [0.717, 1.165) is 5.56 Å². The van der Waals surface area contributed by atoms with Crippen LogP contribution in [0.25, 0.3) is 0 Å². The maximum absolute atomic E-state index is 15.0. The minimum absolute atomic E-state index is 0.00313. The van der Waals surface area contributed by atoms with Gasteiger partial charge in [0.25, 0.3) is 0 Å². The summed E-state index contributed by atoms with van der Waals surface area (Å²) in [7, 11) is 4.08. The second kappa shape index (κ2) is 8.41. The summed E-state index contributed by atoms with van der Waals surface area (Å²) in [5.41, 5.74) is -3.40. The Labute approximate surface area is 235 Å². The van der Waals surface area contributed by atoms with Crippen molar-refractivity contribution < 1.29 is 38.2 Å². The van der Waals surface area contributed by atoms with Crippen LogP contribution < -0.4 is 0 Å². The van der Waals surface area contributed by atoms with Crippen LogP contribution in [0.1, 0.15) is 43.1 Å². The van der Waals surface area contributed by atoms with Crippen molar-refractivity contribution >= 4 is 29.3 Å². The number of hydrogen-bond donors (Lipinski definition) is 0. The lowest BCUT2D eigenvalue weighted by Gasteiger charge is -2.50. The van der Waals surface area contributed by atoms with Gasteiger partial charge in [0.05, 0.1) is 30.8 Å². The Morgan fingerprint density at radius 2 is 1.49 bits per heavy atom. The summed E-state index contributed by atoms with van der Waals surface area (Å²) >= 11 is 0. The van der Waals surface area contributed by atoms with Crippen LogP contribution in [0.3, 0.4) is 0 Å². The van der Waals surface area contributed by atoms with Crippen LogP contribution in [-0.4, -0.2) is 79.2 Å². The third kappa shape index (κ3) is 2.75. The van der Waals surface area contributed by atoms with Crippen LogP contribution in [-0.2, 0) is 30.2 Å². The highest BCUT2D eigenvalue weighted by atomic mass is 16.6. The monoisotopic (exact) mass is 553 g/mol. The number of rotatable bonds is 3. The van der Waals surface area contributed by atoms with Crippen LogP contribution in [0, 0.1) is 11.3 Å². The number of aryl methyl sites for hydroxylation is 1. The van der Waals surface area contributed by atoms with E-state index < -0.39 is 52.1 Å². The summed E-state index contributed by atoms with van der Waals surface area (Å²) in [6.07, 6.45) is 3.02. The fourth-order valence-corrected chi connectivity index (χ4v) is 8.35. The van der Waals surface area contributed by atoms with Crippen molar-refractivity contribution in [3.8, 4) is 0 Å². The molecule has 2 bridgehead atoms. The molecule has 2 aromatic carbocycles. The van der Waals surface area contributed by atoms with Crippen LogP contribution in [0.5, 0.6) is 0 Å². The van der Waals surface area contributed by atoms with Crippen molar-refractivity contribution in [2.24, 2.45) is 11.3 Å². The first-order valence-corrected chi connectivity index (χ1v) is 13.5. The maximum Gasteiger partial charge on any atom is 0.337 e. The molecule has 1 fully saturated rings. The molecule has 0 aromatic heterocycles. The van der Waals surface area contributed by atoms with Crippen molar-refractivity contribution in [2.75, 3.05) is 27.8 Å².